The van der Waals surface area contributed by atoms with Gasteiger partial charge in [-0.2, -0.15) is 0 Å². The van der Waals surface area contributed by atoms with Crippen LogP contribution in [0.4, 0.5) is 4.39 Å². The zero-order chi connectivity index (χ0) is 13.5. The molecule has 0 radical (unpaired) electrons. The standard InChI is InChI=1S/C16H33F/c1-7-11-12-16(9-3,10-4)15(17)14(6)13(5)8-2/h13-15H,7-12H2,1-6H3. The zero-order valence-electron chi connectivity index (χ0n) is 12.9. The summed E-state index contributed by atoms with van der Waals surface area (Å²) in [5.74, 6) is 0.681. The highest BCUT2D eigenvalue weighted by Gasteiger charge is 2.39. The Morgan fingerprint density at radius 1 is 1.00 bits per heavy atom. The Hall–Kier alpha value is -0.0700. The monoisotopic (exact) mass is 244 g/mol. The van der Waals surface area contributed by atoms with E-state index < -0.39 is 6.17 Å². The fourth-order valence-electron chi connectivity index (χ4n) is 2.88. The molecule has 0 rings (SSSR count). The van der Waals surface area contributed by atoms with Crippen molar-refractivity contribution in [1.82, 2.24) is 0 Å². The van der Waals surface area contributed by atoms with E-state index in [-0.39, 0.29) is 11.3 Å². The predicted molar refractivity (Wildman–Crippen MR) is 76.1 cm³/mol. The van der Waals surface area contributed by atoms with E-state index in [4.69, 9.17) is 0 Å². The van der Waals surface area contributed by atoms with Gasteiger partial charge in [-0.1, -0.05) is 60.8 Å². The molecule has 0 saturated carbocycles. The van der Waals surface area contributed by atoms with Crippen molar-refractivity contribution in [2.75, 3.05) is 0 Å². The molecule has 0 bridgehead atoms. The first-order chi connectivity index (χ1) is 7.98. The first kappa shape index (κ1) is 16.9. The molecule has 0 amide bonds. The molecule has 0 aromatic heterocycles. The van der Waals surface area contributed by atoms with Gasteiger partial charge >= 0.3 is 0 Å². The van der Waals surface area contributed by atoms with Gasteiger partial charge < -0.3 is 0 Å². The number of hydrogen-bond acceptors (Lipinski definition) is 0. The van der Waals surface area contributed by atoms with Gasteiger partial charge in [0.15, 0.2) is 0 Å². The number of halogens is 1. The summed E-state index contributed by atoms with van der Waals surface area (Å²) >= 11 is 0. The Labute approximate surface area is 108 Å². The van der Waals surface area contributed by atoms with Crippen LogP contribution in [-0.4, -0.2) is 6.17 Å². The van der Waals surface area contributed by atoms with Crippen LogP contribution in [0.25, 0.3) is 0 Å². The molecule has 0 spiro atoms. The molecule has 104 valence electrons. The highest BCUT2D eigenvalue weighted by atomic mass is 19.1. The van der Waals surface area contributed by atoms with Crippen molar-refractivity contribution in [2.45, 2.75) is 86.2 Å². The third kappa shape index (κ3) is 4.26. The van der Waals surface area contributed by atoms with Crippen molar-refractivity contribution in [3.63, 3.8) is 0 Å². The van der Waals surface area contributed by atoms with Crippen LogP contribution in [0.5, 0.6) is 0 Å². The summed E-state index contributed by atoms with van der Waals surface area (Å²) in [5.41, 5.74) is -0.0706. The summed E-state index contributed by atoms with van der Waals surface area (Å²) in [4.78, 5) is 0. The van der Waals surface area contributed by atoms with Crippen LogP contribution >= 0.6 is 0 Å². The van der Waals surface area contributed by atoms with Crippen molar-refractivity contribution < 1.29 is 4.39 Å². The van der Waals surface area contributed by atoms with E-state index in [0.29, 0.717) is 5.92 Å². The molecule has 0 aromatic carbocycles. The fourth-order valence-corrected chi connectivity index (χ4v) is 2.88. The maximum atomic E-state index is 14.9. The summed E-state index contributed by atoms with van der Waals surface area (Å²) in [6, 6.07) is 0. The zero-order valence-corrected chi connectivity index (χ0v) is 12.9. The molecule has 0 aromatic rings. The van der Waals surface area contributed by atoms with Crippen LogP contribution in [0.2, 0.25) is 0 Å². The SMILES string of the molecule is CCCCC(CC)(CC)C(F)C(C)C(C)CC. The quantitative estimate of drug-likeness (QED) is 0.466. The summed E-state index contributed by atoms with van der Waals surface area (Å²) < 4.78 is 14.9. The van der Waals surface area contributed by atoms with Crippen molar-refractivity contribution in [2.24, 2.45) is 17.3 Å². The molecule has 0 aliphatic heterocycles. The minimum absolute atomic E-state index is 0.0706. The Morgan fingerprint density at radius 3 is 1.88 bits per heavy atom. The van der Waals surface area contributed by atoms with Crippen LogP contribution in [0, 0.1) is 17.3 Å². The third-order valence-corrected chi connectivity index (χ3v) is 5.02. The van der Waals surface area contributed by atoms with Gasteiger partial charge in [-0.3, -0.25) is 0 Å². The van der Waals surface area contributed by atoms with E-state index in [1.54, 1.807) is 0 Å². The van der Waals surface area contributed by atoms with Gasteiger partial charge in [0.2, 0.25) is 0 Å². The topological polar surface area (TPSA) is 0 Å². The second-order valence-electron chi connectivity index (χ2n) is 5.82. The van der Waals surface area contributed by atoms with Gasteiger partial charge in [0, 0.05) is 5.41 Å². The predicted octanol–water partition coefficient (Wildman–Crippen LogP) is 6.00. The molecule has 0 aliphatic carbocycles. The number of hydrogen-bond donors (Lipinski definition) is 0. The van der Waals surface area contributed by atoms with E-state index >= 15 is 0 Å². The summed E-state index contributed by atoms with van der Waals surface area (Å²) in [7, 11) is 0. The second-order valence-corrected chi connectivity index (χ2v) is 5.82. The summed E-state index contributed by atoms with van der Waals surface area (Å²) in [6.45, 7) is 13.0. The van der Waals surface area contributed by atoms with Crippen molar-refractivity contribution in [3.05, 3.63) is 0 Å². The normalized spacial score (nSPS) is 17.8. The van der Waals surface area contributed by atoms with Crippen LogP contribution in [0.1, 0.15) is 80.1 Å². The van der Waals surface area contributed by atoms with Gasteiger partial charge in [0.05, 0.1) is 0 Å². The smallest absolute Gasteiger partial charge is 0.108 e. The van der Waals surface area contributed by atoms with Crippen molar-refractivity contribution >= 4 is 0 Å². The number of unbranched alkanes of at least 4 members (excludes halogenated alkanes) is 1. The summed E-state index contributed by atoms with van der Waals surface area (Å²) in [6.07, 6.45) is 5.79. The van der Waals surface area contributed by atoms with Gasteiger partial charge in [-0.05, 0) is 31.1 Å². The molecule has 0 nitrogen and oxygen atoms in total. The second kappa shape index (κ2) is 8.11. The molecule has 3 atom stereocenters. The van der Waals surface area contributed by atoms with Gasteiger partial charge in [0.1, 0.15) is 6.17 Å². The maximum Gasteiger partial charge on any atom is 0.108 e. The van der Waals surface area contributed by atoms with E-state index in [1.807, 2.05) is 0 Å². The van der Waals surface area contributed by atoms with Crippen LogP contribution in [-0.2, 0) is 0 Å². The Bertz CT molecular complexity index is 184. The van der Waals surface area contributed by atoms with Crippen LogP contribution in [0.3, 0.4) is 0 Å². The lowest BCUT2D eigenvalue weighted by atomic mass is 9.68. The molecule has 0 saturated heterocycles. The molecule has 3 unspecified atom stereocenters. The molecule has 0 aliphatic rings. The lowest BCUT2D eigenvalue weighted by Gasteiger charge is -2.40. The number of rotatable bonds is 9. The fraction of sp³-hybridized carbons (Fsp3) is 1.00. The highest BCUT2D eigenvalue weighted by Crippen LogP contribution is 2.43. The van der Waals surface area contributed by atoms with Crippen molar-refractivity contribution in [1.29, 1.82) is 0 Å². The molecule has 1 heteroatoms. The van der Waals surface area contributed by atoms with E-state index in [9.17, 15) is 4.39 Å². The minimum Gasteiger partial charge on any atom is -0.247 e. The van der Waals surface area contributed by atoms with E-state index in [2.05, 4.69) is 41.5 Å². The summed E-state index contributed by atoms with van der Waals surface area (Å²) in [5, 5.41) is 0. The third-order valence-electron chi connectivity index (χ3n) is 5.02. The molecule has 0 heterocycles. The lowest BCUT2D eigenvalue weighted by molar-refractivity contribution is 0.0211. The number of alkyl halides is 1. The van der Waals surface area contributed by atoms with Crippen LogP contribution < -0.4 is 0 Å². The Balaban J connectivity index is 4.78. The Morgan fingerprint density at radius 2 is 1.53 bits per heavy atom. The molecule has 0 N–H and O–H groups in total. The van der Waals surface area contributed by atoms with Gasteiger partial charge in [0.25, 0.3) is 0 Å². The minimum atomic E-state index is -0.640. The van der Waals surface area contributed by atoms with Gasteiger partial charge in [-0.15, -0.1) is 0 Å². The van der Waals surface area contributed by atoms with E-state index in [1.165, 1.54) is 6.42 Å². The first-order valence-electron chi connectivity index (χ1n) is 7.63. The molecular formula is C16H33F. The highest BCUT2D eigenvalue weighted by molar-refractivity contribution is 4.88. The molecular weight excluding hydrogens is 211 g/mol. The average molecular weight is 244 g/mol. The molecule has 0 fully saturated rings. The molecule has 17 heavy (non-hydrogen) atoms. The average Bonchev–Trinajstić information content (AvgIpc) is 2.38. The Kier molecular flexibility index (Phi) is 8.07. The lowest BCUT2D eigenvalue weighted by Crippen LogP contribution is -2.38. The van der Waals surface area contributed by atoms with Crippen LogP contribution in [0.15, 0.2) is 0 Å². The maximum absolute atomic E-state index is 14.9. The van der Waals surface area contributed by atoms with Crippen molar-refractivity contribution in [3.8, 4) is 0 Å². The van der Waals surface area contributed by atoms with E-state index in [0.717, 1.165) is 32.1 Å². The largest absolute Gasteiger partial charge is 0.247 e. The first-order valence-corrected chi connectivity index (χ1v) is 7.63. The van der Waals surface area contributed by atoms with Gasteiger partial charge in [-0.25, -0.2) is 4.39 Å².